The van der Waals surface area contributed by atoms with Gasteiger partial charge in [0.05, 0.1) is 26.4 Å². The van der Waals surface area contributed by atoms with Crippen molar-refractivity contribution in [1.29, 1.82) is 0 Å². The third-order valence-corrected chi connectivity index (χ3v) is 19.0. The maximum absolute atomic E-state index is 13.1. The highest BCUT2D eigenvalue weighted by Crippen LogP contribution is 2.45. The van der Waals surface area contributed by atoms with Gasteiger partial charge in [-0.3, -0.25) is 37.3 Å². The van der Waals surface area contributed by atoms with E-state index in [1.165, 1.54) is 122 Å². The molecule has 0 aliphatic heterocycles. The lowest BCUT2D eigenvalue weighted by Crippen LogP contribution is -2.30. The van der Waals surface area contributed by atoms with Crippen LogP contribution in [-0.4, -0.2) is 96.7 Å². The Bertz CT molecular complexity index is 2180. The maximum Gasteiger partial charge on any atom is 0.472 e. The number of aliphatic hydroxyl groups excluding tert-OH is 1. The monoisotopic (exact) mass is 1450 g/mol. The molecule has 0 amide bonds. The Labute approximate surface area is 609 Å². The first-order chi connectivity index (χ1) is 48.7. The molecule has 0 heterocycles. The van der Waals surface area contributed by atoms with E-state index in [1.54, 1.807) is 0 Å². The number of ether oxygens (including phenoxy) is 4. The van der Waals surface area contributed by atoms with Gasteiger partial charge < -0.3 is 33.8 Å². The predicted octanol–water partition coefficient (Wildman–Crippen LogP) is 23.2. The largest absolute Gasteiger partial charge is 0.472 e. The summed E-state index contributed by atoms with van der Waals surface area (Å²) >= 11 is 0. The normalized spacial score (nSPS) is 14.3. The molecule has 0 saturated carbocycles. The molecule has 0 rings (SSSR count). The van der Waals surface area contributed by atoms with Gasteiger partial charge in [-0.2, -0.15) is 0 Å². The van der Waals surface area contributed by atoms with Crippen LogP contribution in [0, 0.1) is 0 Å². The fraction of sp³-hybridized carbons (Fsp3) is 0.802. The molecule has 3 N–H and O–H groups in total. The van der Waals surface area contributed by atoms with Gasteiger partial charge in [0.15, 0.2) is 12.2 Å². The van der Waals surface area contributed by atoms with E-state index in [0.717, 1.165) is 161 Å². The van der Waals surface area contributed by atoms with Gasteiger partial charge in [-0.1, -0.05) is 287 Å². The first kappa shape index (κ1) is 96.5. The second kappa shape index (κ2) is 73.8. The van der Waals surface area contributed by atoms with Crippen LogP contribution in [0.15, 0.2) is 72.9 Å². The van der Waals surface area contributed by atoms with Gasteiger partial charge in [-0.15, -0.1) is 0 Å². The van der Waals surface area contributed by atoms with Gasteiger partial charge in [0.2, 0.25) is 0 Å². The van der Waals surface area contributed by atoms with Crippen molar-refractivity contribution in [3.63, 3.8) is 0 Å². The number of phosphoric acid groups is 2. The van der Waals surface area contributed by atoms with Crippen molar-refractivity contribution in [2.75, 3.05) is 39.6 Å². The highest BCUT2D eigenvalue weighted by molar-refractivity contribution is 7.47. The van der Waals surface area contributed by atoms with Gasteiger partial charge >= 0.3 is 39.5 Å². The molecule has 0 spiro atoms. The molecule has 582 valence electrons. The van der Waals surface area contributed by atoms with Crippen molar-refractivity contribution >= 4 is 39.5 Å². The van der Waals surface area contributed by atoms with Gasteiger partial charge in [0.25, 0.3) is 0 Å². The Hall–Kier alpha value is -3.50. The summed E-state index contributed by atoms with van der Waals surface area (Å²) < 4.78 is 68.6. The van der Waals surface area contributed by atoms with Crippen LogP contribution in [0.3, 0.4) is 0 Å². The third-order valence-electron chi connectivity index (χ3n) is 17.1. The molecule has 19 heteroatoms. The zero-order chi connectivity index (χ0) is 73.2. The van der Waals surface area contributed by atoms with Crippen LogP contribution < -0.4 is 0 Å². The van der Waals surface area contributed by atoms with Gasteiger partial charge in [0.1, 0.15) is 19.3 Å². The van der Waals surface area contributed by atoms with Crippen molar-refractivity contribution in [3.05, 3.63) is 72.9 Å². The number of unbranched alkanes of at least 4 members (excludes halogenated alkanes) is 38. The molecule has 0 aromatic carbocycles. The molecule has 0 aromatic heterocycles. The van der Waals surface area contributed by atoms with E-state index in [4.69, 9.17) is 37.0 Å². The Morgan fingerprint density at radius 1 is 0.280 bits per heavy atom. The predicted molar refractivity (Wildman–Crippen MR) is 409 cm³/mol. The maximum atomic E-state index is 13.1. The molecular weight excluding hydrogens is 1310 g/mol. The molecule has 0 fully saturated rings. The summed E-state index contributed by atoms with van der Waals surface area (Å²) in [6.45, 7) is 4.81. The van der Waals surface area contributed by atoms with E-state index in [0.29, 0.717) is 25.7 Å². The molecule has 17 nitrogen and oxygen atoms in total. The topological polar surface area (TPSA) is 237 Å². The number of esters is 4. The Kier molecular flexibility index (Phi) is 71.2. The molecule has 100 heavy (non-hydrogen) atoms. The number of hydrogen-bond donors (Lipinski definition) is 3. The molecule has 0 bridgehead atoms. The summed E-state index contributed by atoms with van der Waals surface area (Å²) in [5.74, 6) is -2.19. The van der Waals surface area contributed by atoms with Crippen LogP contribution in [0.25, 0.3) is 0 Å². The van der Waals surface area contributed by atoms with Gasteiger partial charge in [-0.25, -0.2) is 9.13 Å². The second-order valence-electron chi connectivity index (χ2n) is 27.0. The van der Waals surface area contributed by atoms with E-state index in [1.807, 2.05) is 0 Å². The molecule has 0 saturated heterocycles. The SMILES string of the molecule is CCCCC/C=C\C/C=C\CCCCCCCC(=O)OCC(COP(=O)(O)OCC(O)COP(=O)(O)OCC(COC(=O)CCCCCCC/C=C\C/C=C\CCCCC)OC(=O)CCCCCCCCCCCCCCCCC)OC(=O)CCCCCCC/C=C\C/C=C\CCCCC. The summed E-state index contributed by atoms with van der Waals surface area (Å²) in [7, 11) is -9.95. The minimum Gasteiger partial charge on any atom is -0.462 e. The average molecular weight is 1450 g/mol. The molecule has 0 radical (unpaired) electrons. The standard InChI is InChI=1S/C81H146O17P2/c1-5-9-13-17-21-25-29-33-37-41-45-49-53-57-61-65-78(83)91-71-76(97-80(85)67-63-59-55-51-47-43-39-35-31-27-23-19-15-11-7-3)73-95-99(87,88)93-69-75(82)70-94-100(89,90)96-74-77(98-81(86)68-64-60-56-52-48-44-40-36-32-28-24-20-16-12-8-4)72-92-79(84)66-62-58-54-50-46-42-38-34-30-26-22-18-14-10-6-2/h21-23,25-27,33-35,37-39,75-77,82H,5-20,24,28-32,36,40-74H2,1-4H3,(H,87,88)(H,89,90)/b25-21-,26-22-,27-23-,37-33-,38-34-,39-35-. The molecule has 5 unspecified atom stereocenters. The van der Waals surface area contributed by atoms with Crippen LogP contribution in [0.2, 0.25) is 0 Å². The van der Waals surface area contributed by atoms with Crippen molar-refractivity contribution in [1.82, 2.24) is 0 Å². The van der Waals surface area contributed by atoms with Crippen molar-refractivity contribution in [2.24, 2.45) is 0 Å². The third kappa shape index (κ3) is 72.8. The lowest BCUT2D eigenvalue weighted by molar-refractivity contribution is -0.161. The van der Waals surface area contributed by atoms with Gasteiger partial charge in [0, 0.05) is 25.7 Å². The smallest absolute Gasteiger partial charge is 0.462 e. The summed E-state index contributed by atoms with van der Waals surface area (Å²) in [6.07, 6.45) is 74.4. The highest BCUT2D eigenvalue weighted by Gasteiger charge is 2.30. The quantitative estimate of drug-likeness (QED) is 0.0169. The van der Waals surface area contributed by atoms with Crippen LogP contribution in [-0.2, 0) is 65.4 Å². The number of rotatable bonds is 76. The Morgan fingerprint density at radius 3 is 0.760 bits per heavy atom. The van der Waals surface area contributed by atoms with Crippen molar-refractivity contribution < 1.29 is 80.2 Å². The van der Waals surface area contributed by atoms with Gasteiger partial charge in [-0.05, 0) is 122 Å². The molecule has 0 aliphatic carbocycles. The second-order valence-corrected chi connectivity index (χ2v) is 29.9. The zero-order valence-electron chi connectivity index (χ0n) is 63.6. The highest BCUT2D eigenvalue weighted by atomic mass is 31.2. The summed E-state index contributed by atoms with van der Waals surface area (Å²) in [5.41, 5.74) is 0. The van der Waals surface area contributed by atoms with Crippen LogP contribution in [0.4, 0.5) is 0 Å². The zero-order valence-corrected chi connectivity index (χ0v) is 65.4. The first-order valence-corrected chi connectivity index (χ1v) is 43.2. The number of carbonyl (C=O) groups excluding carboxylic acids is 4. The van der Waals surface area contributed by atoms with E-state index in [-0.39, 0.29) is 25.7 Å². The van der Waals surface area contributed by atoms with Crippen molar-refractivity contribution in [3.8, 4) is 0 Å². The summed E-state index contributed by atoms with van der Waals surface area (Å²) in [6, 6.07) is 0. The molecule has 5 atom stereocenters. The van der Waals surface area contributed by atoms with Crippen LogP contribution in [0.1, 0.15) is 362 Å². The number of hydrogen-bond acceptors (Lipinski definition) is 15. The number of carbonyl (C=O) groups is 4. The molecule has 0 aromatic rings. The number of phosphoric ester groups is 2. The molecule has 0 aliphatic rings. The minimum atomic E-state index is -4.98. The Morgan fingerprint density at radius 2 is 0.490 bits per heavy atom. The number of aliphatic hydroxyl groups is 1. The minimum absolute atomic E-state index is 0.0782. The first-order valence-electron chi connectivity index (χ1n) is 40.2. The fourth-order valence-corrected chi connectivity index (χ4v) is 12.5. The molecular formula is C81H146O17P2. The Balaban J connectivity index is 5.36. The van der Waals surface area contributed by atoms with Crippen LogP contribution in [0.5, 0.6) is 0 Å². The van der Waals surface area contributed by atoms with E-state index in [9.17, 15) is 43.2 Å². The lowest BCUT2D eigenvalue weighted by atomic mass is 10.0. The average Bonchev–Trinajstić information content (AvgIpc) is 1.01. The fourth-order valence-electron chi connectivity index (χ4n) is 11.0. The lowest BCUT2D eigenvalue weighted by Gasteiger charge is -2.21. The van der Waals surface area contributed by atoms with E-state index >= 15 is 0 Å². The van der Waals surface area contributed by atoms with Crippen molar-refractivity contribution in [2.45, 2.75) is 380 Å². The summed E-state index contributed by atoms with van der Waals surface area (Å²) in [5, 5.41) is 10.6. The van der Waals surface area contributed by atoms with E-state index < -0.39 is 97.5 Å². The summed E-state index contributed by atoms with van der Waals surface area (Å²) in [4.78, 5) is 73.0. The van der Waals surface area contributed by atoms with E-state index in [2.05, 4.69) is 101 Å². The van der Waals surface area contributed by atoms with Crippen LogP contribution >= 0.6 is 15.6 Å². The number of allylic oxidation sites excluding steroid dienone is 12.